The summed E-state index contributed by atoms with van der Waals surface area (Å²) in [6, 6.07) is 8.96. The number of aliphatic imine (C=N–C) groups is 1. The number of guanidine groups is 1. The smallest absolute Gasteiger partial charge is 0.251 e. The first-order valence-electron chi connectivity index (χ1n) is 12.3. The Morgan fingerprint density at radius 2 is 1.64 bits per heavy atom. The third-order valence-electron chi connectivity index (χ3n) is 7.06. The molecule has 3 heterocycles. The zero-order chi connectivity index (χ0) is 22.3. The lowest BCUT2D eigenvalue weighted by atomic mass is 9.99. The van der Waals surface area contributed by atoms with Gasteiger partial charge >= 0.3 is 0 Å². The lowest BCUT2D eigenvalue weighted by molar-refractivity contribution is -0.142. The van der Waals surface area contributed by atoms with Crippen LogP contribution in [0.15, 0.2) is 29.3 Å². The number of piperidine rings is 1. The molecule has 3 saturated heterocycles. The summed E-state index contributed by atoms with van der Waals surface area (Å²) in [5, 5.41) is 3.50. The first kappa shape index (κ1) is 26.2. The summed E-state index contributed by atoms with van der Waals surface area (Å²) in [7, 11) is 1.83. The third kappa shape index (κ3) is 7.29. The SMILES string of the molecule is CN=C(NCc1ccc(CN2CCC(C)CC2)cc1)N1CCN(C(=O)C2CCCO2)CC1.I. The first-order valence-corrected chi connectivity index (χ1v) is 12.3. The van der Waals surface area contributed by atoms with Crippen molar-refractivity contribution in [3.8, 4) is 0 Å². The maximum atomic E-state index is 12.6. The van der Waals surface area contributed by atoms with E-state index in [-0.39, 0.29) is 36.0 Å². The molecule has 0 aromatic heterocycles. The van der Waals surface area contributed by atoms with Gasteiger partial charge in [0.15, 0.2) is 5.96 Å². The average molecular weight is 570 g/mol. The predicted octanol–water partition coefficient (Wildman–Crippen LogP) is 2.94. The molecule has 3 fully saturated rings. The number of hydrogen-bond donors (Lipinski definition) is 1. The van der Waals surface area contributed by atoms with E-state index in [1.807, 2.05) is 11.9 Å². The second-order valence-electron chi connectivity index (χ2n) is 9.49. The molecule has 1 aromatic carbocycles. The van der Waals surface area contributed by atoms with E-state index in [1.165, 1.54) is 37.1 Å². The van der Waals surface area contributed by atoms with Crippen LogP contribution in [0.25, 0.3) is 0 Å². The van der Waals surface area contributed by atoms with Crippen molar-refractivity contribution < 1.29 is 9.53 Å². The summed E-state index contributed by atoms with van der Waals surface area (Å²) in [6.45, 7) is 10.4. The Labute approximate surface area is 215 Å². The van der Waals surface area contributed by atoms with Crippen LogP contribution >= 0.6 is 24.0 Å². The van der Waals surface area contributed by atoms with Gasteiger partial charge in [-0.25, -0.2) is 0 Å². The highest BCUT2D eigenvalue weighted by atomic mass is 127. The van der Waals surface area contributed by atoms with Gasteiger partial charge in [0.2, 0.25) is 0 Å². The monoisotopic (exact) mass is 569 g/mol. The quantitative estimate of drug-likeness (QED) is 0.336. The molecule has 0 radical (unpaired) electrons. The summed E-state index contributed by atoms with van der Waals surface area (Å²) in [6.07, 6.45) is 4.26. The van der Waals surface area contributed by atoms with Crippen molar-refractivity contribution in [2.45, 2.75) is 51.8 Å². The number of rotatable bonds is 5. The van der Waals surface area contributed by atoms with Crippen LogP contribution in [0, 0.1) is 5.92 Å². The zero-order valence-corrected chi connectivity index (χ0v) is 22.5. The molecule has 0 aliphatic carbocycles. The second-order valence-corrected chi connectivity index (χ2v) is 9.49. The molecule has 0 saturated carbocycles. The van der Waals surface area contributed by atoms with Crippen LogP contribution in [0.5, 0.6) is 0 Å². The molecule has 1 amide bonds. The van der Waals surface area contributed by atoms with Gasteiger partial charge in [0.25, 0.3) is 5.91 Å². The number of carbonyl (C=O) groups excluding carboxylic acids is 1. The minimum Gasteiger partial charge on any atom is -0.368 e. The summed E-state index contributed by atoms with van der Waals surface area (Å²) >= 11 is 0. The lowest BCUT2D eigenvalue weighted by Crippen LogP contribution is -2.55. The van der Waals surface area contributed by atoms with Crippen molar-refractivity contribution in [1.29, 1.82) is 0 Å². The van der Waals surface area contributed by atoms with E-state index in [1.54, 1.807) is 0 Å². The maximum Gasteiger partial charge on any atom is 0.251 e. The molecular weight excluding hydrogens is 529 g/mol. The van der Waals surface area contributed by atoms with Gasteiger partial charge in [-0.1, -0.05) is 31.2 Å². The average Bonchev–Trinajstić information content (AvgIpc) is 3.37. The van der Waals surface area contributed by atoms with E-state index in [0.717, 1.165) is 64.0 Å². The van der Waals surface area contributed by atoms with Crippen molar-refractivity contribution >= 4 is 35.8 Å². The molecule has 3 aliphatic rings. The molecule has 0 bridgehead atoms. The number of carbonyl (C=O) groups is 1. The van der Waals surface area contributed by atoms with Gasteiger partial charge in [-0.15, -0.1) is 24.0 Å². The van der Waals surface area contributed by atoms with Crippen molar-refractivity contribution in [3.05, 3.63) is 35.4 Å². The first-order chi connectivity index (χ1) is 15.6. The summed E-state index contributed by atoms with van der Waals surface area (Å²) in [5.41, 5.74) is 2.65. The van der Waals surface area contributed by atoms with E-state index in [2.05, 4.69) is 51.3 Å². The van der Waals surface area contributed by atoms with Crippen LogP contribution in [-0.2, 0) is 22.6 Å². The zero-order valence-electron chi connectivity index (χ0n) is 20.2. The van der Waals surface area contributed by atoms with Gasteiger partial charge < -0.3 is 19.9 Å². The van der Waals surface area contributed by atoms with Gasteiger partial charge in [0, 0.05) is 52.9 Å². The van der Waals surface area contributed by atoms with Gasteiger partial charge in [-0.2, -0.15) is 0 Å². The van der Waals surface area contributed by atoms with E-state index >= 15 is 0 Å². The molecule has 0 spiro atoms. The van der Waals surface area contributed by atoms with Crippen LogP contribution < -0.4 is 5.32 Å². The summed E-state index contributed by atoms with van der Waals surface area (Å²) < 4.78 is 5.56. The lowest BCUT2D eigenvalue weighted by Gasteiger charge is -2.37. The molecule has 8 heteroatoms. The number of nitrogens with zero attached hydrogens (tertiary/aromatic N) is 4. The Hall–Kier alpha value is -1.39. The number of halogens is 1. The maximum absolute atomic E-state index is 12.6. The molecule has 33 heavy (non-hydrogen) atoms. The second kappa shape index (κ2) is 12.9. The van der Waals surface area contributed by atoms with Crippen LogP contribution in [0.2, 0.25) is 0 Å². The molecule has 184 valence electrons. The highest BCUT2D eigenvalue weighted by molar-refractivity contribution is 14.0. The van der Waals surface area contributed by atoms with Gasteiger partial charge in [0.05, 0.1) is 0 Å². The van der Waals surface area contributed by atoms with Crippen LogP contribution in [-0.4, -0.2) is 85.6 Å². The summed E-state index contributed by atoms with van der Waals surface area (Å²) in [4.78, 5) is 23.8. The number of benzene rings is 1. The van der Waals surface area contributed by atoms with Crippen molar-refractivity contribution in [2.75, 3.05) is 52.9 Å². The minimum atomic E-state index is -0.222. The van der Waals surface area contributed by atoms with E-state index in [0.29, 0.717) is 6.61 Å². The fraction of sp³-hybridized carbons (Fsp3) is 0.680. The van der Waals surface area contributed by atoms with Crippen molar-refractivity contribution in [3.63, 3.8) is 0 Å². The number of nitrogens with one attached hydrogen (secondary N) is 1. The Morgan fingerprint density at radius 3 is 2.24 bits per heavy atom. The number of ether oxygens (including phenoxy) is 1. The number of hydrogen-bond acceptors (Lipinski definition) is 4. The van der Waals surface area contributed by atoms with Gasteiger partial charge in [-0.3, -0.25) is 14.7 Å². The predicted molar refractivity (Wildman–Crippen MR) is 143 cm³/mol. The Bertz CT molecular complexity index is 766. The van der Waals surface area contributed by atoms with Crippen molar-refractivity contribution in [2.24, 2.45) is 10.9 Å². The number of likely N-dealkylation sites (tertiary alicyclic amines) is 1. The molecule has 3 aliphatic heterocycles. The standard InChI is InChI=1S/C25H39N5O2.HI/c1-20-9-11-28(12-10-20)19-22-7-5-21(6-8-22)18-27-25(26-2)30-15-13-29(14-16-30)24(31)23-4-3-17-32-23;/h5-8,20,23H,3-4,9-19H2,1-2H3,(H,26,27);1H. The molecule has 7 nitrogen and oxygen atoms in total. The largest absolute Gasteiger partial charge is 0.368 e. The Kier molecular flexibility index (Phi) is 10.2. The normalized spacial score (nSPS) is 22.8. The van der Waals surface area contributed by atoms with Gasteiger partial charge in [0.1, 0.15) is 6.10 Å². The number of amides is 1. The molecule has 1 N–H and O–H groups in total. The Morgan fingerprint density at radius 1 is 1.00 bits per heavy atom. The highest BCUT2D eigenvalue weighted by Gasteiger charge is 2.30. The fourth-order valence-corrected chi connectivity index (χ4v) is 4.87. The van der Waals surface area contributed by atoms with Crippen LogP contribution in [0.1, 0.15) is 43.7 Å². The van der Waals surface area contributed by atoms with E-state index in [4.69, 9.17) is 4.74 Å². The number of piperazine rings is 1. The molecule has 1 atom stereocenters. The van der Waals surface area contributed by atoms with E-state index in [9.17, 15) is 4.79 Å². The third-order valence-corrected chi connectivity index (χ3v) is 7.06. The van der Waals surface area contributed by atoms with Crippen molar-refractivity contribution in [1.82, 2.24) is 20.0 Å². The van der Waals surface area contributed by atoms with Crippen LogP contribution in [0.3, 0.4) is 0 Å². The van der Waals surface area contributed by atoms with Crippen LogP contribution in [0.4, 0.5) is 0 Å². The molecule has 1 unspecified atom stereocenters. The fourth-order valence-electron chi connectivity index (χ4n) is 4.87. The molecule has 1 aromatic rings. The van der Waals surface area contributed by atoms with Gasteiger partial charge in [-0.05, 0) is 55.8 Å². The minimum absolute atomic E-state index is 0. The molecular formula is C25H40IN5O2. The van der Waals surface area contributed by atoms with E-state index < -0.39 is 0 Å². The highest BCUT2D eigenvalue weighted by Crippen LogP contribution is 2.19. The molecule has 4 rings (SSSR count). The topological polar surface area (TPSA) is 60.4 Å². The Balaban J connectivity index is 0.00000306. The summed E-state index contributed by atoms with van der Waals surface area (Å²) in [5.74, 6) is 1.93.